The highest BCUT2D eigenvalue weighted by Crippen LogP contribution is 2.29. The lowest BCUT2D eigenvalue weighted by Crippen LogP contribution is -2.09. The minimum Gasteiger partial charge on any atom is -0.367 e. The second kappa shape index (κ2) is 7.48. The van der Waals surface area contributed by atoms with Crippen molar-refractivity contribution in [1.29, 1.82) is 0 Å². The van der Waals surface area contributed by atoms with E-state index in [1.54, 1.807) is 6.20 Å². The predicted molar refractivity (Wildman–Crippen MR) is 110 cm³/mol. The minimum atomic E-state index is 0.672. The molecule has 6 heteroatoms. The minimum absolute atomic E-state index is 0.672. The summed E-state index contributed by atoms with van der Waals surface area (Å²) in [6.07, 6.45) is 4.62. The molecule has 0 aliphatic rings. The van der Waals surface area contributed by atoms with E-state index in [4.69, 9.17) is 16.6 Å². The van der Waals surface area contributed by atoms with Crippen LogP contribution in [-0.4, -0.2) is 20.9 Å². The van der Waals surface area contributed by atoms with Gasteiger partial charge in [-0.05, 0) is 34.0 Å². The molecule has 0 unspecified atom stereocenters. The Morgan fingerprint density at radius 1 is 1.04 bits per heavy atom. The van der Waals surface area contributed by atoms with E-state index in [1.165, 1.54) is 5.56 Å². The highest BCUT2D eigenvalue weighted by molar-refractivity contribution is 9.10. The van der Waals surface area contributed by atoms with Gasteiger partial charge >= 0.3 is 0 Å². The number of nitrogens with one attached hydrogen (secondary N) is 1. The van der Waals surface area contributed by atoms with E-state index < -0.39 is 0 Å². The van der Waals surface area contributed by atoms with E-state index in [-0.39, 0.29) is 0 Å². The highest BCUT2D eigenvalue weighted by atomic mass is 79.9. The number of imidazole rings is 1. The lowest BCUT2D eigenvalue weighted by atomic mass is 10.1. The topological polar surface area (TPSA) is 42.2 Å². The van der Waals surface area contributed by atoms with Crippen LogP contribution in [-0.2, 0) is 6.42 Å². The van der Waals surface area contributed by atoms with E-state index in [2.05, 4.69) is 50.5 Å². The van der Waals surface area contributed by atoms with Crippen molar-refractivity contribution in [2.45, 2.75) is 6.42 Å². The van der Waals surface area contributed by atoms with Crippen molar-refractivity contribution >= 4 is 39.0 Å². The fourth-order valence-electron chi connectivity index (χ4n) is 2.85. The Balaban J connectivity index is 1.68. The number of hydrogen-bond acceptors (Lipinski definition) is 3. The molecule has 4 rings (SSSR count). The molecule has 0 saturated heterocycles. The standard InChI is InChI=1S/C20H16BrClN4/c21-18-12-24-20-19(23-11-10-14-6-2-1-3-7-14)25-17(13-26(18)20)15-8-4-5-9-16(15)22/h1-9,12-13H,10-11H2,(H,23,25). The number of anilines is 1. The average molecular weight is 428 g/mol. The monoisotopic (exact) mass is 426 g/mol. The highest BCUT2D eigenvalue weighted by Gasteiger charge is 2.13. The maximum atomic E-state index is 6.36. The quantitative estimate of drug-likeness (QED) is 0.459. The van der Waals surface area contributed by atoms with Crippen LogP contribution < -0.4 is 5.32 Å². The molecule has 2 aromatic heterocycles. The van der Waals surface area contributed by atoms with Gasteiger partial charge in [0.1, 0.15) is 4.60 Å². The van der Waals surface area contributed by atoms with Crippen LogP contribution in [0.5, 0.6) is 0 Å². The first-order valence-corrected chi connectivity index (χ1v) is 9.46. The Bertz CT molecular complexity index is 1050. The van der Waals surface area contributed by atoms with Gasteiger partial charge in [-0.3, -0.25) is 4.40 Å². The summed E-state index contributed by atoms with van der Waals surface area (Å²) in [6, 6.07) is 18.1. The van der Waals surface area contributed by atoms with Crippen LogP contribution in [0.15, 0.2) is 71.6 Å². The summed E-state index contributed by atoms with van der Waals surface area (Å²) < 4.78 is 2.84. The Hall–Kier alpha value is -2.37. The fourth-order valence-corrected chi connectivity index (χ4v) is 3.45. The van der Waals surface area contributed by atoms with Crippen molar-refractivity contribution in [3.63, 3.8) is 0 Å². The summed E-state index contributed by atoms with van der Waals surface area (Å²) in [5.41, 5.74) is 3.75. The number of halogens is 2. The summed E-state index contributed by atoms with van der Waals surface area (Å²) in [5.74, 6) is 0.740. The van der Waals surface area contributed by atoms with E-state index in [0.717, 1.165) is 40.3 Å². The second-order valence-corrected chi connectivity index (χ2v) is 7.11. The molecule has 1 N–H and O–H groups in total. The summed E-state index contributed by atoms with van der Waals surface area (Å²) in [5, 5.41) is 4.09. The Morgan fingerprint density at radius 3 is 2.62 bits per heavy atom. The van der Waals surface area contributed by atoms with Gasteiger partial charge in [-0.2, -0.15) is 0 Å². The molecule has 130 valence electrons. The molecule has 0 aliphatic heterocycles. The van der Waals surface area contributed by atoms with Crippen LogP contribution in [0.1, 0.15) is 5.56 Å². The lowest BCUT2D eigenvalue weighted by Gasteiger charge is -2.11. The van der Waals surface area contributed by atoms with Crippen molar-refractivity contribution in [2.75, 3.05) is 11.9 Å². The Morgan fingerprint density at radius 2 is 1.81 bits per heavy atom. The van der Waals surface area contributed by atoms with E-state index in [0.29, 0.717) is 5.02 Å². The van der Waals surface area contributed by atoms with E-state index >= 15 is 0 Å². The molecule has 0 atom stereocenters. The van der Waals surface area contributed by atoms with Crippen molar-refractivity contribution in [1.82, 2.24) is 14.4 Å². The number of hydrogen-bond donors (Lipinski definition) is 1. The number of aromatic nitrogens is 3. The molecule has 4 aromatic rings. The van der Waals surface area contributed by atoms with Gasteiger partial charge in [-0.1, -0.05) is 60.1 Å². The summed E-state index contributed by atoms with van der Waals surface area (Å²) in [6.45, 7) is 0.767. The molecular formula is C20H16BrClN4. The molecular weight excluding hydrogens is 412 g/mol. The van der Waals surface area contributed by atoms with Gasteiger partial charge in [-0.25, -0.2) is 9.97 Å². The molecule has 4 nitrogen and oxygen atoms in total. The molecule has 0 radical (unpaired) electrons. The molecule has 26 heavy (non-hydrogen) atoms. The Kier molecular flexibility index (Phi) is 4.91. The van der Waals surface area contributed by atoms with Gasteiger partial charge in [0.15, 0.2) is 11.5 Å². The Labute approximate surface area is 165 Å². The SMILES string of the molecule is Clc1ccccc1-c1cn2c(Br)cnc2c(NCCc2ccccc2)n1. The van der Waals surface area contributed by atoms with Crippen molar-refractivity contribution < 1.29 is 0 Å². The maximum absolute atomic E-state index is 6.36. The molecule has 0 saturated carbocycles. The van der Waals surface area contributed by atoms with Crippen LogP contribution in [0.25, 0.3) is 16.9 Å². The number of fused-ring (bicyclic) bond motifs is 1. The van der Waals surface area contributed by atoms with Crippen molar-refractivity contribution in [2.24, 2.45) is 0 Å². The van der Waals surface area contributed by atoms with Gasteiger partial charge < -0.3 is 5.32 Å². The normalized spacial score (nSPS) is 11.0. The van der Waals surface area contributed by atoms with Crippen LogP contribution in [0.2, 0.25) is 5.02 Å². The lowest BCUT2D eigenvalue weighted by molar-refractivity contribution is 0.997. The molecule has 0 aliphatic carbocycles. The fraction of sp³-hybridized carbons (Fsp3) is 0.100. The summed E-state index contributed by atoms with van der Waals surface area (Å²) in [4.78, 5) is 9.24. The maximum Gasteiger partial charge on any atom is 0.181 e. The van der Waals surface area contributed by atoms with Crippen LogP contribution in [0, 0.1) is 0 Å². The van der Waals surface area contributed by atoms with Crippen LogP contribution in [0.4, 0.5) is 5.82 Å². The molecule has 0 bridgehead atoms. The first kappa shape index (κ1) is 17.1. The van der Waals surface area contributed by atoms with Crippen LogP contribution >= 0.6 is 27.5 Å². The van der Waals surface area contributed by atoms with Gasteiger partial charge in [0.2, 0.25) is 0 Å². The number of nitrogens with zero attached hydrogens (tertiary/aromatic N) is 3. The predicted octanol–water partition coefficient (Wildman–Crippen LogP) is 5.47. The van der Waals surface area contributed by atoms with Gasteiger partial charge in [0.05, 0.1) is 16.9 Å². The van der Waals surface area contributed by atoms with E-state index in [1.807, 2.05) is 40.9 Å². The zero-order valence-electron chi connectivity index (χ0n) is 13.9. The van der Waals surface area contributed by atoms with Crippen LogP contribution in [0.3, 0.4) is 0 Å². The molecule has 2 heterocycles. The number of rotatable bonds is 5. The zero-order chi connectivity index (χ0) is 17.9. The molecule has 2 aromatic carbocycles. The third-order valence-electron chi connectivity index (χ3n) is 4.15. The summed E-state index contributed by atoms with van der Waals surface area (Å²) in [7, 11) is 0. The molecule has 0 fully saturated rings. The third-order valence-corrected chi connectivity index (χ3v) is 5.06. The summed E-state index contributed by atoms with van der Waals surface area (Å²) >= 11 is 9.91. The third kappa shape index (κ3) is 3.45. The largest absolute Gasteiger partial charge is 0.367 e. The van der Waals surface area contributed by atoms with Crippen molar-refractivity contribution in [3.8, 4) is 11.3 Å². The average Bonchev–Trinajstić information content (AvgIpc) is 3.04. The molecule has 0 amide bonds. The van der Waals surface area contributed by atoms with Gasteiger partial charge in [0, 0.05) is 18.3 Å². The molecule has 0 spiro atoms. The zero-order valence-corrected chi connectivity index (χ0v) is 16.2. The van der Waals surface area contributed by atoms with Crippen molar-refractivity contribution in [3.05, 3.63) is 82.2 Å². The second-order valence-electron chi connectivity index (χ2n) is 5.89. The first-order chi connectivity index (χ1) is 12.7. The smallest absolute Gasteiger partial charge is 0.181 e. The van der Waals surface area contributed by atoms with Gasteiger partial charge in [0.25, 0.3) is 0 Å². The number of benzene rings is 2. The van der Waals surface area contributed by atoms with E-state index in [9.17, 15) is 0 Å². The first-order valence-electron chi connectivity index (χ1n) is 8.28. The van der Waals surface area contributed by atoms with Gasteiger partial charge in [-0.15, -0.1) is 0 Å².